The Morgan fingerprint density at radius 3 is 2.66 bits per heavy atom. The van der Waals surface area contributed by atoms with Gasteiger partial charge in [-0.15, -0.1) is 0 Å². The number of benzene rings is 1. The molecule has 29 heavy (non-hydrogen) atoms. The third kappa shape index (κ3) is 6.48. The monoisotopic (exact) mass is 395 g/mol. The number of aryl methyl sites for hydroxylation is 4. The molecule has 0 saturated heterocycles. The summed E-state index contributed by atoms with van der Waals surface area (Å²) >= 11 is 0. The molecule has 1 heterocycles. The number of Topliss-reactive ketones (excluding diaryl/α,β-unsaturated/α-hetero) is 1. The Balaban J connectivity index is 1.43. The van der Waals surface area contributed by atoms with Gasteiger partial charge in [-0.2, -0.15) is 0 Å². The van der Waals surface area contributed by atoms with Crippen molar-refractivity contribution in [2.45, 2.75) is 90.4 Å². The maximum atomic E-state index is 13.9. The number of pyridine rings is 1. The van der Waals surface area contributed by atoms with Gasteiger partial charge in [-0.1, -0.05) is 37.5 Å². The number of fused-ring (bicyclic) bond motifs is 1. The Morgan fingerprint density at radius 1 is 1.07 bits per heavy atom. The maximum absolute atomic E-state index is 13.9. The third-order valence-electron chi connectivity index (χ3n) is 6.17. The first-order valence-corrected chi connectivity index (χ1v) is 11.3. The highest BCUT2D eigenvalue weighted by Crippen LogP contribution is 2.28. The fourth-order valence-corrected chi connectivity index (χ4v) is 4.41. The highest BCUT2D eigenvalue weighted by Gasteiger charge is 2.15. The minimum atomic E-state index is -0.173. The molecule has 2 nitrogen and oxygen atoms in total. The molecule has 1 aromatic heterocycles. The summed E-state index contributed by atoms with van der Waals surface area (Å²) in [4.78, 5) is 16.5. The summed E-state index contributed by atoms with van der Waals surface area (Å²) < 4.78 is 13.9. The van der Waals surface area contributed by atoms with Gasteiger partial charge in [0, 0.05) is 17.8 Å². The fraction of sp³-hybridized carbons (Fsp3) is 0.538. The molecule has 0 spiro atoms. The van der Waals surface area contributed by atoms with Crippen molar-refractivity contribution in [3.8, 4) is 0 Å². The van der Waals surface area contributed by atoms with Gasteiger partial charge in [-0.05, 0) is 93.5 Å². The Labute approximate surface area is 175 Å². The van der Waals surface area contributed by atoms with Crippen LogP contribution in [0.25, 0.3) is 0 Å². The van der Waals surface area contributed by atoms with Crippen molar-refractivity contribution in [1.29, 1.82) is 0 Å². The van der Waals surface area contributed by atoms with Crippen molar-refractivity contribution >= 4 is 5.78 Å². The van der Waals surface area contributed by atoms with Gasteiger partial charge in [0.05, 0.1) is 0 Å². The molecular formula is C26H34FNO. The highest BCUT2D eigenvalue weighted by molar-refractivity contribution is 5.76. The van der Waals surface area contributed by atoms with Crippen LogP contribution in [0.2, 0.25) is 0 Å². The number of hydrogen-bond donors (Lipinski definition) is 0. The lowest BCUT2D eigenvalue weighted by molar-refractivity contribution is -0.117. The Morgan fingerprint density at radius 2 is 1.86 bits per heavy atom. The van der Waals surface area contributed by atoms with E-state index in [1.807, 2.05) is 12.1 Å². The molecule has 1 aliphatic carbocycles. The lowest BCUT2D eigenvalue weighted by Crippen LogP contribution is -2.07. The average Bonchev–Trinajstić information content (AvgIpc) is 2.71. The Hall–Kier alpha value is -2.03. The van der Waals surface area contributed by atoms with Crippen molar-refractivity contribution in [3.05, 3.63) is 64.2 Å². The topological polar surface area (TPSA) is 30.0 Å². The van der Waals surface area contributed by atoms with Crippen LogP contribution in [-0.4, -0.2) is 10.8 Å². The predicted octanol–water partition coefficient (Wildman–Crippen LogP) is 6.66. The molecule has 0 amide bonds. The van der Waals surface area contributed by atoms with Crippen LogP contribution in [0.5, 0.6) is 0 Å². The van der Waals surface area contributed by atoms with E-state index in [1.54, 1.807) is 19.9 Å². The second-order valence-electron chi connectivity index (χ2n) is 8.68. The normalized spacial score (nSPS) is 14.4. The second kappa shape index (κ2) is 10.7. The zero-order valence-corrected chi connectivity index (χ0v) is 18.0. The number of aromatic nitrogens is 1. The van der Waals surface area contributed by atoms with E-state index >= 15 is 0 Å². The summed E-state index contributed by atoms with van der Waals surface area (Å²) in [7, 11) is 0. The van der Waals surface area contributed by atoms with E-state index in [2.05, 4.69) is 12.1 Å². The minimum Gasteiger partial charge on any atom is -0.300 e. The van der Waals surface area contributed by atoms with Crippen LogP contribution in [0.3, 0.4) is 0 Å². The maximum Gasteiger partial charge on any atom is 0.130 e. The number of carbonyl (C=O) groups is 1. The van der Waals surface area contributed by atoms with Crippen molar-refractivity contribution in [2.24, 2.45) is 0 Å². The van der Waals surface area contributed by atoms with Gasteiger partial charge < -0.3 is 4.79 Å². The van der Waals surface area contributed by atoms with Gasteiger partial charge in [-0.3, -0.25) is 4.98 Å². The van der Waals surface area contributed by atoms with E-state index < -0.39 is 0 Å². The fourth-order valence-electron chi connectivity index (χ4n) is 4.41. The van der Waals surface area contributed by atoms with Crippen molar-refractivity contribution in [2.75, 3.05) is 0 Å². The minimum absolute atomic E-state index is 0.130. The summed E-state index contributed by atoms with van der Waals surface area (Å²) in [5.74, 6) is 0.132. The van der Waals surface area contributed by atoms with Crippen LogP contribution in [0.1, 0.15) is 92.3 Å². The van der Waals surface area contributed by atoms with Crippen LogP contribution in [-0.2, 0) is 24.1 Å². The molecule has 1 aliphatic rings. The second-order valence-corrected chi connectivity index (χ2v) is 8.68. The quantitative estimate of drug-likeness (QED) is 0.421. The molecule has 0 aliphatic heterocycles. The number of ketones is 1. The van der Waals surface area contributed by atoms with Crippen LogP contribution < -0.4 is 0 Å². The molecule has 1 aromatic carbocycles. The lowest BCUT2D eigenvalue weighted by Gasteiger charge is -2.17. The molecule has 156 valence electrons. The molecule has 0 saturated carbocycles. The van der Waals surface area contributed by atoms with Gasteiger partial charge >= 0.3 is 0 Å². The van der Waals surface area contributed by atoms with E-state index in [9.17, 15) is 9.18 Å². The van der Waals surface area contributed by atoms with Crippen LogP contribution >= 0.6 is 0 Å². The van der Waals surface area contributed by atoms with E-state index in [4.69, 9.17) is 4.98 Å². The number of unbranched alkanes of at least 4 members (excludes halogenated alkanes) is 3. The zero-order chi connectivity index (χ0) is 20.6. The van der Waals surface area contributed by atoms with Crippen molar-refractivity contribution in [1.82, 2.24) is 4.98 Å². The first-order valence-electron chi connectivity index (χ1n) is 11.3. The summed E-state index contributed by atoms with van der Waals surface area (Å²) in [5.41, 5.74) is 5.62. The summed E-state index contributed by atoms with van der Waals surface area (Å²) in [6, 6.07) is 9.91. The number of halogens is 1. The van der Waals surface area contributed by atoms with Crippen molar-refractivity contribution in [3.63, 3.8) is 0 Å². The van der Waals surface area contributed by atoms with Gasteiger partial charge in [0.2, 0.25) is 0 Å². The van der Waals surface area contributed by atoms with E-state index in [1.165, 1.54) is 42.6 Å². The summed E-state index contributed by atoms with van der Waals surface area (Å²) in [5, 5.41) is 0. The molecule has 0 bridgehead atoms. The van der Waals surface area contributed by atoms with E-state index in [0.717, 1.165) is 44.1 Å². The molecular weight excluding hydrogens is 361 g/mol. The van der Waals surface area contributed by atoms with Gasteiger partial charge in [0.1, 0.15) is 11.6 Å². The first kappa shape index (κ1) is 21.7. The molecule has 0 radical (unpaired) electrons. The van der Waals surface area contributed by atoms with E-state index in [-0.39, 0.29) is 17.5 Å². The number of nitrogens with zero attached hydrogens (tertiary/aromatic N) is 1. The van der Waals surface area contributed by atoms with Gasteiger partial charge in [-0.25, -0.2) is 4.39 Å². The third-order valence-corrected chi connectivity index (χ3v) is 6.17. The zero-order valence-electron chi connectivity index (χ0n) is 18.0. The molecule has 2 aromatic rings. The largest absolute Gasteiger partial charge is 0.300 e. The lowest BCUT2D eigenvalue weighted by atomic mass is 9.88. The van der Waals surface area contributed by atoms with Crippen LogP contribution in [0.15, 0.2) is 30.3 Å². The van der Waals surface area contributed by atoms with Gasteiger partial charge in [0.25, 0.3) is 0 Å². The number of hydrogen-bond acceptors (Lipinski definition) is 2. The number of rotatable bonds is 10. The standard InChI is InChI=1S/C26H34FNO/c1-19-13-14-23(18-25(19)27)22(17-20(2)29)10-5-3-4-6-11-24-16-15-21-9-7-8-12-26(21)28-24/h13-16,18,22H,3-12,17H2,1-2H3/t22-/m0/s1. The van der Waals surface area contributed by atoms with Crippen LogP contribution in [0, 0.1) is 12.7 Å². The predicted molar refractivity (Wildman–Crippen MR) is 117 cm³/mol. The molecule has 0 N–H and O–H groups in total. The number of carbonyl (C=O) groups excluding carboxylic acids is 1. The van der Waals surface area contributed by atoms with E-state index in [0.29, 0.717) is 12.0 Å². The molecule has 1 atom stereocenters. The summed E-state index contributed by atoms with van der Waals surface area (Å²) in [6.45, 7) is 3.40. The first-order chi connectivity index (χ1) is 14.0. The summed E-state index contributed by atoms with van der Waals surface area (Å²) in [6.07, 6.45) is 11.9. The van der Waals surface area contributed by atoms with Crippen molar-refractivity contribution < 1.29 is 9.18 Å². The smallest absolute Gasteiger partial charge is 0.130 e. The Kier molecular flexibility index (Phi) is 7.97. The molecule has 0 unspecified atom stereocenters. The van der Waals surface area contributed by atoms with Crippen LogP contribution in [0.4, 0.5) is 4.39 Å². The molecule has 0 fully saturated rings. The highest BCUT2D eigenvalue weighted by atomic mass is 19.1. The molecule has 3 heteroatoms. The average molecular weight is 396 g/mol. The van der Waals surface area contributed by atoms with Gasteiger partial charge in [0.15, 0.2) is 0 Å². The molecule has 3 rings (SSSR count). The SMILES string of the molecule is CC(=O)C[C@H](CCCCCCc1ccc2c(n1)CCCC2)c1ccc(C)c(F)c1. The Bertz CT molecular complexity index is 829.